The van der Waals surface area contributed by atoms with Crippen LogP contribution in [0, 0.1) is 0 Å². The van der Waals surface area contributed by atoms with Crippen LogP contribution in [0.4, 0.5) is 11.6 Å². The molecule has 7 nitrogen and oxygen atoms in total. The van der Waals surface area contributed by atoms with Crippen LogP contribution < -0.4 is 15.1 Å². The lowest BCUT2D eigenvalue weighted by molar-refractivity contribution is 0.0957. The van der Waals surface area contributed by atoms with Crippen molar-refractivity contribution in [1.82, 2.24) is 20.3 Å². The van der Waals surface area contributed by atoms with Crippen LogP contribution in [0.1, 0.15) is 10.4 Å². The zero-order valence-corrected chi connectivity index (χ0v) is 13.4. The van der Waals surface area contributed by atoms with E-state index in [1.165, 1.54) is 0 Å². The number of piperazine rings is 1. The number of anilines is 2. The van der Waals surface area contributed by atoms with Gasteiger partial charge in [0.2, 0.25) is 5.95 Å². The molecule has 3 rings (SSSR count). The second kappa shape index (κ2) is 7.54. The molecule has 24 heavy (non-hydrogen) atoms. The van der Waals surface area contributed by atoms with Crippen LogP contribution in [0.2, 0.25) is 0 Å². The van der Waals surface area contributed by atoms with Crippen molar-refractivity contribution >= 4 is 17.5 Å². The molecule has 1 aliphatic heterocycles. The normalized spacial score (nSPS) is 14.3. The Kier molecular flexibility index (Phi) is 5.00. The van der Waals surface area contributed by atoms with E-state index in [0.717, 1.165) is 37.8 Å². The van der Waals surface area contributed by atoms with Crippen molar-refractivity contribution < 1.29 is 4.79 Å². The second-order valence-electron chi connectivity index (χ2n) is 5.45. The summed E-state index contributed by atoms with van der Waals surface area (Å²) in [5.41, 5.74) is 1.51. The highest BCUT2D eigenvalue weighted by Gasteiger charge is 2.20. The number of carbonyl (C=O) groups is 1. The first-order chi connectivity index (χ1) is 11.8. The summed E-state index contributed by atoms with van der Waals surface area (Å²) in [7, 11) is 0. The Morgan fingerprint density at radius 2 is 1.88 bits per heavy atom. The third-order valence-electron chi connectivity index (χ3n) is 3.87. The maximum atomic E-state index is 12.0. The molecule has 0 aliphatic carbocycles. The van der Waals surface area contributed by atoms with Crippen molar-refractivity contribution in [2.45, 2.75) is 0 Å². The fraction of sp³-hybridized carbons (Fsp3) is 0.294. The van der Waals surface area contributed by atoms with Crippen LogP contribution in [0.3, 0.4) is 0 Å². The minimum Gasteiger partial charge on any atom is -0.367 e. The van der Waals surface area contributed by atoms with Gasteiger partial charge in [0, 0.05) is 51.3 Å². The van der Waals surface area contributed by atoms with Crippen LogP contribution in [0.25, 0.3) is 0 Å². The molecule has 3 heterocycles. The molecule has 1 aliphatic rings. The predicted octanol–water partition coefficient (Wildman–Crippen LogP) is 1.11. The molecule has 1 N–H and O–H groups in total. The van der Waals surface area contributed by atoms with Gasteiger partial charge >= 0.3 is 0 Å². The maximum absolute atomic E-state index is 12.0. The number of pyridine rings is 1. The molecule has 0 spiro atoms. The van der Waals surface area contributed by atoms with Gasteiger partial charge in [0.15, 0.2) is 0 Å². The van der Waals surface area contributed by atoms with Crippen molar-refractivity contribution in [3.8, 4) is 0 Å². The molecule has 0 bridgehead atoms. The summed E-state index contributed by atoms with van der Waals surface area (Å²) in [5, 5.41) is 2.77. The van der Waals surface area contributed by atoms with Crippen molar-refractivity contribution in [3.05, 3.63) is 55.1 Å². The van der Waals surface area contributed by atoms with Crippen molar-refractivity contribution in [3.63, 3.8) is 0 Å². The summed E-state index contributed by atoms with van der Waals surface area (Å²) in [6.45, 7) is 7.36. The van der Waals surface area contributed by atoms with Gasteiger partial charge < -0.3 is 15.1 Å². The third-order valence-corrected chi connectivity index (χ3v) is 3.87. The lowest BCUT2D eigenvalue weighted by Gasteiger charge is -2.35. The average Bonchev–Trinajstić information content (AvgIpc) is 2.67. The third kappa shape index (κ3) is 3.68. The van der Waals surface area contributed by atoms with Gasteiger partial charge in [-0.15, -0.1) is 6.58 Å². The summed E-state index contributed by atoms with van der Waals surface area (Å²) in [5.74, 6) is 0.619. The lowest BCUT2D eigenvalue weighted by Crippen LogP contribution is -2.47. The van der Waals surface area contributed by atoms with E-state index in [9.17, 15) is 4.79 Å². The van der Waals surface area contributed by atoms with E-state index in [4.69, 9.17) is 0 Å². The molecule has 1 amide bonds. The molecule has 1 saturated heterocycles. The topological polar surface area (TPSA) is 74.2 Å². The van der Waals surface area contributed by atoms with Gasteiger partial charge in [0.05, 0.1) is 17.4 Å². The Morgan fingerprint density at radius 1 is 1.17 bits per heavy atom. The quantitative estimate of drug-likeness (QED) is 0.831. The second-order valence-corrected chi connectivity index (χ2v) is 5.45. The zero-order valence-electron chi connectivity index (χ0n) is 13.4. The number of nitrogens with zero attached hydrogens (tertiary/aromatic N) is 5. The van der Waals surface area contributed by atoms with E-state index in [2.05, 4.69) is 36.6 Å². The molecule has 2 aromatic heterocycles. The smallest absolute Gasteiger partial charge is 0.253 e. The van der Waals surface area contributed by atoms with Crippen LogP contribution in [-0.4, -0.2) is 53.6 Å². The molecule has 124 valence electrons. The first-order valence-electron chi connectivity index (χ1n) is 7.89. The highest BCUT2D eigenvalue weighted by atomic mass is 16.1. The SMILES string of the molecule is C=CCNC(=O)c1cncc(N2CCN(c3ncccn3)CC2)c1. The number of hydrogen-bond acceptors (Lipinski definition) is 6. The summed E-state index contributed by atoms with van der Waals surface area (Å²) in [6, 6.07) is 3.69. The van der Waals surface area contributed by atoms with Crippen LogP contribution in [-0.2, 0) is 0 Å². The number of amides is 1. The number of nitrogens with one attached hydrogen (secondary N) is 1. The standard InChI is InChI=1S/C17H20N6O/c1-2-4-19-16(24)14-11-15(13-18-12-14)22-7-9-23(10-8-22)17-20-5-3-6-21-17/h2-3,5-6,11-13H,1,4,7-10H2,(H,19,24). The Hall–Kier alpha value is -2.96. The largest absolute Gasteiger partial charge is 0.367 e. The van der Waals surface area contributed by atoms with E-state index in [-0.39, 0.29) is 5.91 Å². The molecule has 2 aromatic rings. The molecule has 0 radical (unpaired) electrons. The predicted molar refractivity (Wildman–Crippen MR) is 93.2 cm³/mol. The van der Waals surface area contributed by atoms with Crippen LogP contribution in [0.5, 0.6) is 0 Å². The molecule has 0 saturated carbocycles. The van der Waals surface area contributed by atoms with Gasteiger partial charge in [-0.05, 0) is 12.1 Å². The number of aromatic nitrogens is 3. The highest BCUT2D eigenvalue weighted by molar-refractivity contribution is 5.94. The number of rotatable bonds is 5. The fourth-order valence-electron chi connectivity index (χ4n) is 2.61. The molecule has 0 unspecified atom stereocenters. The Labute approximate surface area is 141 Å². The van der Waals surface area contributed by atoms with Crippen molar-refractivity contribution in [2.24, 2.45) is 0 Å². The first-order valence-corrected chi connectivity index (χ1v) is 7.89. The molecule has 0 atom stereocenters. The van der Waals surface area contributed by atoms with E-state index < -0.39 is 0 Å². The summed E-state index contributed by atoms with van der Waals surface area (Å²) >= 11 is 0. The summed E-state index contributed by atoms with van der Waals surface area (Å²) < 4.78 is 0. The molecule has 7 heteroatoms. The average molecular weight is 324 g/mol. The fourth-order valence-corrected chi connectivity index (χ4v) is 2.61. The zero-order chi connectivity index (χ0) is 16.8. The highest BCUT2D eigenvalue weighted by Crippen LogP contribution is 2.18. The van der Waals surface area contributed by atoms with Gasteiger partial charge in [-0.1, -0.05) is 6.08 Å². The Balaban J connectivity index is 1.64. The number of hydrogen-bond donors (Lipinski definition) is 1. The maximum Gasteiger partial charge on any atom is 0.253 e. The van der Waals surface area contributed by atoms with E-state index in [1.54, 1.807) is 30.9 Å². The molecule has 1 fully saturated rings. The molecule has 0 aromatic carbocycles. The Bertz CT molecular complexity index is 697. The number of carbonyl (C=O) groups excluding carboxylic acids is 1. The van der Waals surface area contributed by atoms with Crippen molar-refractivity contribution in [2.75, 3.05) is 42.5 Å². The minimum absolute atomic E-state index is 0.138. The van der Waals surface area contributed by atoms with E-state index in [0.29, 0.717) is 12.1 Å². The van der Waals surface area contributed by atoms with Crippen LogP contribution >= 0.6 is 0 Å². The Morgan fingerprint density at radius 3 is 2.58 bits per heavy atom. The lowest BCUT2D eigenvalue weighted by atomic mass is 10.2. The van der Waals surface area contributed by atoms with Gasteiger partial charge in [-0.25, -0.2) is 9.97 Å². The van der Waals surface area contributed by atoms with Crippen molar-refractivity contribution in [1.29, 1.82) is 0 Å². The van der Waals surface area contributed by atoms with Gasteiger partial charge in [-0.3, -0.25) is 9.78 Å². The van der Waals surface area contributed by atoms with E-state index in [1.807, 2.05) is 12.1 Å². The molecular formula is C17H20N6O. The van der Waals surface area contributed by atoms with Gasteiger partial charge in [-0.2, -0.15) is 0 Å². The summed E-state index contributed by atoms with van der Waals surface area (Å²) in [4.78, 5) is 29.2. The minimum atomic E-state index is -0.138. The van der Waals surface area contributed by atoms with Gasteiger partial charge in [0.1, 0.15) is 0 Å². The van der Waals surface area contributed by atoms with Gasteiger partial charge in [0.25, 0.3) is 5.91 Å². The monoisotopic (exact) mass is 324 g/mol. The van der Waals surface area contributed by atoms with Crippen LogP contribution in [0.15, 0.2) is 49.6 Å². The molecular weight excluding hydrogens is 304 g/mol. The van der Waals surface area contributed by atoms with E-state index >= 15 is 0 Å². The first kappa shape index (κ1) is 15.9. The summed E-state index contributed by atoms with van der Waals surface area (Å²) in [6.07, 6.45) is 8.53.